The Morgan fingerprint density at radius 2 is 2.19 bits per heavy atom. The first-order valence-electron chi connectivity index (χ1n) is 5.70. The SMILES string of the molecule is O=C(C=NOCc1ccc(Cl)s1)Nc1ccc(F)cc1F. The number of thiophene rings is 1. The number of rotatable bonds is 5. The first-order valence-corrected chi connectivity index (χ1v) is 6.89. The summed E-state index contributed by atoms with van der Waals surface area (Å²) >= 11 is 7.07. The van der Waals surface area contributed by atoms with E-state index in [1.807, 2.05) is 0 Å². The van der Waals surface area contributed by atoms with Gasteiger partial charge in [-0.3, -0.25) is 4.79 Å². The highest BCUT2D eigenvalue weighted by atomic mass is 35.5. The number of anilines is 1. The lowest BCUT2D eigenvalue weighted by Gasteiger charge is -2.03. The molecule has 1 aromatic heterocycles. The Labute approximate surface area is 128 Å². The number of nitrogens with one attached hydrogen (secondary N) is 1. The molecule has 0 unspecified atom stereocenters. The molecule has 110 valence electrons. The van der Waals surface area contributed by atoms with Crippen molar-refractivity contribution >= 4 is 40.7 Å². The summed E-state index contributed by atoms with van der Waals surface area (Å²) in [5, 5.41) is 5.66. The van der Waals surface area contributed by atoms with E-state index in [1.54, 1.807) is 12.1 Å². The van der Waals surface area contributed by atoms with Crippen LogP contribution in [0.25, 0.3) is 0 Å². The Hall–Kier alpha value is -1.99. The minimum absolute atomic E-state index is 0.141. The normalized spacial score (nSPS) is 10.8. The van der Waals surface area contributed by atoms with Crippen molar-refractivity contribution in [3.8, 4) is 0 Å². The number of hydrogen-bond donors (Lipinski definition) is 1. The van der Waals surface area contributed by atoms with Gasteiger partial charge in [-0.1, -0.05) is 16.8 Å². The predicted molar refractivity (Wildman–Crippen MR) is 77.6 cm³/mol. The number of carbonyl (C=O) groups excluding carboxylic acids is 1. The van der Waals surface area contributed by atoms with Gasteiger partial charge in [-0.15, -0.1) is 11.3 Å². The molecule has 0 aliphatic heterocycles. The number of benzene rings is 1. The zero-order valence-electron chi connectivity index (χ0n) is 10.5. The smallest absolute Gasteiger partial charge is 0.270 e. The van der Waals surface area contributed by atoms with E-state index in [0.717, 1.165) is 23.2 Å². The molecule has 1 heterocycles. The van der Waals surface area contributed by atoms with Crippen LogP contribution in [0.3, 0.4) is 0 Å². The summed E-state index contributed by atoms with van der Waals surface area (Å²) in [4.78, 5) is 17.2. The van der Waals surface area contributed by atoms with Crippen molar-refractivity contribution in [3.63, 3.8) is 0 Å². The Kier molecular flexibility index (Phi) is 5.24. The van der Waals surface area contributed by atoms with Gasteiger partial charge in [-0.05, 0) is 24.3 Å². The third-order valence-corrected chi connectivity index (χ3v) is 3.47. The molecular formula is C13H9ClF2N2O2S. The first kappa shape index (κ1) is 15.4. The van der Waals surface area contributed by atoms with Crippen molar-refractivity contribution < 1.29 is 18.4 Å². The van der Waals surface area contributed by atoms with E-state index in [2.05, 4.69) is 10.5 Å². The maximum atomic E-state index is 13.3. The average molecular weight is 331 g/mol. The second-order valence-corrected chi connectivity index (χ2v) is 5.63. The lowest BCUT2D eigenvalue weighted by Crippen LogP contribution is -2.14. The molecule has 2 rings (SSSR count). The minimum atomic E-state index is -0.870. The summed E-state index contributed by atoms with van der Waals surface area (Å²) in [5.74, 6) is -2.28. The van der Waals surface area contributed by atoms with Crippen molar-refractivity contribution in [3.05, 3.63) is 51.2 Å². The number of halogens is 3. The molecule has 1 aromatic carbocycles. The van der Waals surface area contributed by atoms with Crippen molar-refractivity contribution in [1.82, 2.24) is 0 Å². The van der Waals surface area contributed by atoms with E-state index in [4.69, 9.17) is 16.4 Å². The molecule has 0 saturated heterocycles. The molecule has 0 aliphatic carbocycles. The average Bonchev–Trinajstić information content (AvgIpc) is 2.84. The van der Waals surface area contributed by atoms with Gasteiger partial charge in [0.2, 0.25) is 0 Å². The van der Waals surface area contributed by atoms with E-state index in [0.29, 0.717) is 10.4 Å². The first-order chi connectivity index (χ1) is 10.0. The molecule has 0 bridgehead atoms. The maximum absolute atomic E-state index is 13.3. The quantitative estimate of drug-likeness (QED) is 0.669. The van der Waals surface area contributed by atoms with E-state index >= 15 is 0 Å². The van der Waals surface area contributed by atoms with E-state index in [9.17, 15) is 13.6 Å². The van der Waals surface area contributed by atoms with Crippen LogP contribution in [-0.4, -0.2) is 12.1 Å². The number of carbonyl (C=O) groups is 1. The van der Waals surface area contributed by atoms with Crippen molar-refractivity contribution in [2.24, 2.45) is 5.16 Å². The van der Waals surface area contributed by atoms with Crippen molar-refractivity contribution in [2.75, 3.05) is 5.32 Å². The molecule has 0 fully saturated rings. The third-order valence-electron chi connectivity index (χ3n) is 2.27. The fourth-order valence-corrected chi connectivity index (χ4v) is 2.37. The van der Waals surface area contributed by atoms with Crippen LogP contribution >= 0.6 is 22.9 Å². The van der Waals surface area contributed by atoms with Crippen LogP contribution in [0.4, 0.5) is 14.5 Å². The molecule has 0 saturated carbocycles. The Morgan fingerprint density at radius 3 is 2.86 bits per heavy atom. The summed E-state index contributed by atoms with van der Waals surface area (Å²) in [6.45, 7) is 0.173. The fourth-order valence-electron chi connectivity index (χ4n) is 1.37. The number of oxime groups is 1. The highest BCUT2D eigenvalue weighted by molar-refractivity contribution is 7.16. The second-order valence-electron chi connectivity index (χ2n) is 3.83. The van der Waals surface area contributed by atoms with Gasteiger partial charge in [-0.25, -0.2) is 8.78 Å². The molecule has 0 radical (unpaired) electrons. The van der Waals surface area contributed by atoms with Crippen molar-refractivity contribution in [1.29, 1.82) is 0 Å². The summed E-state index contributed by atoms with van der Waals surface area (Å²) in [6, 6.07) is 6.32. The third kappa shape index (κ3) is 4.80. The molecule has 0 aliphatic rings. The van der Waals surface area contributed by atoms with Crippen LogP contribution < -0.4 is 5.32 Å². The van der Waals surface area contributed by atoms with Crippen molar-refractivity contribution in [2.45, 2.75) is 6.61 Å². The predicted octanol–water partition coefficient (Wildman–Crippen LogP) is 3.82. The van der Waals surface area contributed by atoms with Gasteiger partial charge in [0.1, 0.15) is 17.8 Å². The standard InChI is InChI=1S/C13H9ClF2N2O2S/c14-12-4-2-9(21-12)7-20-17-6-13(19)18-11-3-1-8(15)5-10(11)16/h1-6H,7H2,(H,18,19). The van der Waals surface area contributed by atoms with Crippen LogP contribution in [0.1, 0.15) is 4.88 Å². The van der Waals surface area contributed by atoms with Gasteiger partial charge in [0.05, 0.1) is 10.0 Å². The second kappa shape index (κ2) is 7.14. The van der Waals surface area contributed by atoms with Gasteiger partial charge in [0, 0.05) is 10.9 Å². The number of nitrogens with zero attached hydrogens (tertiary/aromatic N) is 1. The van der Waals surface area contributed by atoms with Gasteiger partial charge in [0.15, 0.2) is 6.61 Å². The Bertz CT molecular complexity index is 676. The fraction of sp³-hybridized carbons (Fsp3) is 0.0769. The van der Waals surface area contributed by atoms with Crippen LogP contribution in [0.5, 0.6) is 0 Å². The minimum Gasteiger partial charge on any atom is -0.390 e. The van der Waals surface area contributed by atoms with Crippen LogP contribution in [-0.2, 0) is 16.2 Å². The Balaban J connectivity index is 1.82. The highest BCUT2D eigenvalue weighted by Crippen LogP contribution is 2.21. The molecule has 21 heavy (non-hydrogen) atoms. The van der Waals surface area contributed by atoms with Crippen LogP contribution in [0.15, 0.2) is 35.5 Å². The summed E-state index contributed by atoms with van der Waals surface area (Å²) in [5.41, 5.74) is -0.141. The van der Waals surface area contributed by atoms with E-state index < -0.39 is 17.5 Å². The summed E-state index contributed by atoms with van der Waals surface area (Å²) < 4.78 is 26.6. The zero-order valence-corrected chi connectivity index (χ0v) is 12.0. The van der Waals surface area contributed by atoms with Gasteiger partial charge >= 0.3 is 0 Å². The van der Waals surface area contributed by atoms with Gasteiger partial charge in [-0.2, -0.15) is 0 Å². The van der Waals surface area contributed by atoms with E-state index in [-0.39, 0.29) is 12.3 Å². The number of hydrogen-bond acceptors (Lipinski definition) is 4. The molecule has 0 atom stereocenters. The topological polar surface area (TPSA) is 50.7 Å². The zero-order chi connectivity index (χ0) is 15.2. The molecule has 1 amide bonds. The van der Waals surface area contributed by atoms with Gasteiger partial charge in [0.25, 0.3) is 5.91 Å². The maximum Gasteiger partial charge on any atom is 0.270 e. The van der Waals surface area contributed by atoms with E-state index in [1.165, 1.54) is 11.3 Å². The molecule has 0 spiro atoms. The van der Waals surface area contributed by atoms with Crippen LogP contribution in [0, 0.1) is 11.6 Å². The highest BCUT2D eigenvalue weighted by Gasteiger charge is 2.06. The molecule has 1 N–H and O–H groups in total. The largest absolute Gasteiger partial charge is 0.390 e. The molecular weight excluding hydrogens is 322 g/mol. The van der Waals surface area contributed by atoms with Gasteiger partial charge < -0.3 is 10.2 Å². The molecule has 8 heteroatoms. The Morgan fingerprint density at radius 1 is 1.38 bits per heavy atom. The monoisotopic (exact) mass is 330 g/mol. The van der Waals surface area contributed by atoms with Crippen LogP contribution in [0.2, 0.25) is 4.34 Å². The summed E-state index contributed by atoms with van der Waals surface area (Å²) in [6.07, 6.45) is 0.859. The lowest BCUT2D eigenvalue weighted by molar-refractivity contribution is -0.110. The summed E-state index contributed by atoms with van der Waals surface area (Å²) in [7, 11) is 0. The molecule has 2 aromatic rings. The lowest BCUT2D eigenvalue weighted by atomic mass is 10.3. The molecule has 4 nitrogen and oxygen atoms in total. The number of amides is 1.